The van der Waals surface area contributed by atoms with Crippen LogP contribution in [0.1, 0.15) is 55.7 Å². The zero-order valence-corrected chi connectivity index (χ0v) is 11.8. The fourth-order valence-electron chi connectivity index (χ4n) is 2.79. The van der Waals surface area contributed by atoms with Gasteiger partial charge in [-0.2, -0.15) is 8.42 Å². The summed E-state index contributed by atoms with van der Waals surface area (Å²) < 4.78 is 32.1. The van der Waals surface area contributed by atoms with Gasteiger partial charge in [-0.3, -0.25) is 4.55 Å². The first kappa shape index (κ1) is 13.6. The molecule has 0 aliphatic heterocycles. The highest BCUT2D eigenvalue weighted by Crippen LogP contribution is 2.34. The minimum Gasteiger partial charge on any atom is -0.282 e. The van der Waals surface area contributed by atoms with E-state index in [1.54, 1.807) is 6.07 Å². The van der Waals surface area contributed by atoms with Crippen molar-refractivity contribution >= 4 is 10.1 Å². The maximum absolute atomic E-state index is 11.4. The maximum Gasteiger partial charge on any atom is 0.294 e. The summed E-state index contributed by atoms with van der Waals surface area (Å²) in [6, 6.07) is 3.45. The van der Waals surface area contributed by atoms with Gasteiger partial charge in [0.1, 0.15) is 0 Å². The molecule has 0 bridgehead atoms. The molecule has 3 nitrogen and oxygen atoms in total. The molecule has 4 heteroatoms. The molecule has 1 N–H and O–H groups in total. The molecule has 100 valence electrons. The molecule has 0 saturated heterocycles. The van der Waals surface area contributed by atoms with Crippen molar-refractivity contribution in [2.24, 2.45) is 0 Å². The predicted octanol–water partition coefficient (Wildman–Crippen LogP) is 3.33. The van der Waals surface area contributed by atoms with Gasteiger partial charge >= 0.3 is 0 Å². The Balaban J connectivity index is 2.63. The van der Waals surface area contributed by atoms with E-state index in [9.17, 15) is 13.0 Å². The van der Waals surface area contributed by atoms with E-state index in [2.05, 4.69) is 13.8 Å². The molecule has 0 amide bonds. The fourth-order valence-corrected chi connectivity index (χ4v) is 3.56. The van der Waals surface area contributed by atoms with Crippen LogP contribution in [0.15, 0.2) is 17.0 Å². The van der Waals surface area contributed by atoms with E-state index in [1.165, 1.54) is 5.56 Å². The van der Waals surface area contributed by atoms with E-state index < -0.39 is 10.1 Å². The van der Waals surface area contributed by atoms with Crippen molar-refractivity contribution in [2.75, 3.05) is 0 Å². The molecular formula is C14H20O3S. The lowest BCUT2D eigenvalue weighted by Gasteiger charge is -2.24. The Morgan fingerprint density at radius 1 is 1.22 bits per heavy atom. The SMILES string of the molecule is CCC(C)c1ccc(S(=O)(=O)O)c2c1CCCC2. The Morgan fingerprint density at radius 3 is 2.39 bits per heavy atom. The van der Waals surface area contributed by atoms with Crippen LogP contribution in [0, 0.1) is 0 Å². The standard InChI is InChI=1S/C14H20O3S/c1-3-10(2)11-8-9-14(18(15,16)17)13-7-5-4-6-12(11)13/h8-10H,3-7H2,1-2H3,(H,15,16,17). The maximum atomic E-state index is 11.4. The third kappa shape index (κ3) is 2.45. The number of rotatable bonds is 3. The Labute approximate surface area is 109 Å². The van der Waals surface area contributed by atoms with Gasteiger partial charge < -0.3 is 0 Å². The average Bonchev–Trinajstić information content (AvgIpc) is 2.35. The lowest BCUT2D eigenvalue weighted by atomic mass is 9.83. The molecule has 1 unspecified atom stereocenters. The summed E-state index contributed by atoms with van der Waals surface area (Å²) in [5.74, 6) is 0.437. The van der Waals surface area contributed by atoms with Crippen LogP contribution in [-0.2, 0) is 23.0 Å². The third-order valence-electron chi connectivity index (χ3n) is 3.95. The molecule has 18 heavy (non-hydrogen) atoms. The Hall–Kier alpha value is -0.870. The summed E-state index contributed by atoms with van der Waals surface area (Å²) in [6.07, 6.45) is 4.83. The molecular weight excluding hydrogens is 248 g/mol. The number of benzene rings is 1. The lowest BCUT2D eigenvalue weighted by Crippen LogP contribution is -2.13. The van der Waals surface area contributed by atoms with E-state index in [4.69, 9.17) is 0 Å². The highest BCUT2D eigenvalue weighted by Gasteiger charge is 2.24. The van der Waals surface area contributed by atoms with E-state index in [1.807, 2.05) is 6.07 Å². The largest absolute Gasteiger partial charge is 0.294 e. The van der Waals surface area contributed by atoms with E-state index in [-0.39, 0.29) is 4.90 Å². The number of hydrogen-bond donors (Lipinski definition) is 1. The van der Waals surface area contributed by atoms with Gasteiger partial charge in [0.2, 0.25) is 0 Å². The van der Waals surface area contributed by atoms with Crippen LogP contribution in [0.5, 0.6) is 0 Å². The Morgan fingerprint density at radius 2 is 1.83 bits per heavy atom. The Kier molecular flexibility index (Phi) is 3.78. The molecule has 1 aliphatic rings. The van der Waals surface area contributed by atoms with E-state index >= 15 is 0 Å². The van der Waals surface area contributed by atoms with Crippen molar-refractivity contribution in [3.8, 4) is 0 Å². The molecule has 1 aliphatic carbocycles. The van der Waals surface area contributed by atoms with Crippen molar-refractivity contribution in [2.45, 2.75) is 56.8 Å². The quantitative estimate of drug-likeness (QED) is 0.855. The predicted molar refractivity (Wildman–Crippen MR) is 71.6 cm³/mol. The second kappa shape index (κ2) is 5.02. The van der Waals surface area contributed by atoms with Gasteiger partial charge in [0.25, 0.3) is 10.1 Å². The van der Waals surface area contributed by atoms with Crippen molar-refractivity contribution in [3.63, 3.8) is 0 Å². The number of hydrogen-bond acceptors (Lipinski definition) is 2. The monoisotopic (exact) mass is 268 g/mol. The van der Waals surface area contributed by atoms with Crippen LogP contribution >= 0.6 is 0 Å². The molecule has 1 aromatic rings. The first-order chi connectivity index (χ1) is 8.45. The van der Waals surface area contributed by atoms with Gasteiger partial charge in [-0.05, 0) is 60.8 Å². The van der Waals surface area contributed by atoms with E-state index in [0.717, 1.165) is 43.2 Å². The topological polar surface area (TPSA) is 54.4 Å². The van der Waals surface area contributed by atoms with Crippen LogP contribution in [0.25, 0.3) is 0 Å². The van der Waals surface area contributed by atoms with Gasteiger partial charge in [-0.25, -0.2) is 0 Å². The smallest absolute Gasteiger partial charge is 0.282 e. The minimum absolute atomic E-state index is 0.115. The fraction of sp³-hybridized carbons (Fsp3) is 0.571. The van der Waals surface area contributed by atoms with Gasteiger partial charge in [0.05, 0.1) is 4.90 Å². The minimum atomic E-state index is -4.09. The van der Waals surface area contributed by atoms with Crippen LogP contribution in [0.4, 0.5) is 0 Å². The van der Waals surface area contributed by atoms with Gasteiger partial charge in [0, 0.05) is 0 Å². The summed E-state index contributed by atoms with van der Waals surface area (Å²) in [6.45, 7) is 4.30. The second-order valence-corrected chi connectivity index (χ2v) is 6.49. The van der Waals surface area contributed by atoms with Crippen molar-refractivity contribution in [3.05, 3.63) is 28.8 Å². The summed E-state index contributed by atoms with van der Waals surface area (Å²) in [4.78, 5) is 0.115. The summed E-state index contributed by atoms with van der Waals surface area (Å²) in [7, 11) is -4.09. The van der Waals surface area contributed by atoms with Crippen LogP contribution in [0.2, 0.25) is 0 Å². The van der Waals surface area contributed by atoms with Crippen molar-refractivity contribution in [1.29, 1.82) is 0 Å². The first-order valence-electron chi connectivity index (χ1n) is 6.57. The highest BCUT2D eigenvalue weighted by molar-refractivity contribution is 7.85. The average molecular weight is 268 g/mol. The summed E-state index contributed by atoms with van der Waals surface area (Å²) in [5, 5.41) is 0. The molecule has 0 heterocycles. The van der Waals surface area contributed by atoms with Crippen LogP contribution < -0.4 is 0 Å². The molecule has 0 radical (unpaired) electrons. The molecule has 1 atom stereocenters. The summed E-state index contributed by atoms with van der Waals surface area (Å²) >= 11 is 0. The van der Waals surface area contributed by atoms with Gasteiger partial charge in [0.15, 0.2) is 0 Å². The van der Waals surface area contributed by atoms with Crippen molar-refractivity contribution in [1.82, 2.24) is 0 Å². The van der Waals surface area contributed by atoms with Gasteiger partial charge in [-0.15, -0.1) is 0 Å². The lowest BCUT2D eigenvalue weighted by molar-refractivity contribution is 0.480. The molecule has 0 spiro atoms. The number of fused-ring (bicyclic) bond motifs is 1. The Bertz CT molecular complexity index is 546. The van der Waals surface area contributed by atoms with Gasteiger partial charge in [-0.1, -0.05) is 19.9 Å². The van der Waals surface area contributed by atoms with Crippen LogP contribution in [-0.4, -0.2) is 13.0 Å². The van der Waals surface area contributed by atoms with Crippen molar-refractivity contribution < 1.29 is 13.0 Å². The first-order valence-corrected chi connectivity index (χ1v) is 8.01. The van der Waals surface area contributed by atoms with Crippen LogP contribution in [0.3, 0.4) is 0 Å². The zero-order valence-electron chi connectivity index (χ0n) is 10.9. The second-order valence-electron chi connectivity index (χ2n) is 5.10. The molecule has 0 aromatic heterocycles. The molecule has 1 aromatic carbocycles. The van der Waals surface area contributed by atoms with E-state index in [0.29, 0.717) is 5.92 Å². The third-order valence-corrected chi connectivity index (χ3v) is 4.89. The summed E-state index contributed by atoms with van der Waals surface area (Å²) in [5.41, 5.74) is 3.26. The highest BCUT2D eigenvalue weighted by atomic mass is 32.2. The normalized spacial score (nSPS) is 17.3. The molecule has 0 saturated carbocycles. The molecule has 2 rings (SSSR count). The zero-order chi connectivity index (χ0) is 13.3. The molecule has 0 fully saturated rings.